The van der Waals surface area contributed by atoms with Crippen molar-refractivity contribution in [1.82, 2.24) is 15.0 Å². The fraction of sp³-hybridized carbons (Fsp3) is 0.769. The summed E-state index contributed by atoms with van der Waals surface area (Å²) in [4.78, 5) is 4.91. The van der Waals surface area contributed by atoms with Crippen molar-refractivity contribution in [3.05, 3.63) is 18.0 Å². The van der Waals surface area contributed by atoms with Gasteiger partial charge in [0.25, 0.3) is 0 Å². The molecule has 0 N–H and O–H groups in total. The lowest BCUT2D eigenvalue weighted by Gasteiger charge is -2.32. The zero-order valence-electron chi connectivity index (χ0n) is 11.4. The molecule has 0 atom stereocenters. The first-order chi connectivity index (χ1) is 8.34. The monoisotopic (exact) mass is 239 g/mol. The number of aromatic nitrogens is 1. The van der Waals surface area contributed by atoms with Crippen molar-refractivity contribution in [2.75, 3.05) is 39.8 Å². The minimum Gasteiger partial charge on any atom is -0.365 e. The van der Waals surface area contributed by atoms with Crippen molar-refractivity contribution < 1.29 is 4.52 Å². The average molecular weight is 239 g/mol. The first-order valence-corrected chi connectivity index (χ1v) is 6.65. The predicted molar refractivity (Wildman–Crippen MR) is 70.1 cm³/mol. The molecule has 0 saturated carbocycles. The Balaban J connectivity index is 0.000000686. The van der Waals surface area contributed by atoms with Gasteiger partial charge >= 0.3 is 0 Å². The van der Waals surface area contributed by atoms with Crippen molar-refractivity contribution in [1.29, 1.82) is 0 Å². The summed E-state index contributed by atoms with van der Waals surface area (Å²) >= 11 is 0. The maximum Gasteiger partial charge on any atom is 0.124 e. The second kappa shape index (κ2) is 8.25. The van der Waals surface area contributed by atoms with Crippen molar-refractivity contribution in [3.8, 4) is 0 Å². The molecule has 4 heteroatoms. The van der Waals surface area contributed by atoms with E-state index in [-0.39, 0.29) is 0 Å². The lowest BCUT2D eigenvalue weighted by molar-refractivity contribution is 0.153. The predicted octanol–water partition coefficient (Wildman–Crippen LogP) is 1.88. The number of likely N-dealkylation sites (N-methyl/N-ethyl adjacent to an activating group) is 1. The van der Waals surface area contributed by atoms with Crippen molar-refractivity contribution >= 4 is 0 Å². The molecule has 2 heterocycles. The number of nitrogens with zero attached hydrogens (tertiary/aromatic N) is 3. The number of aryl methyl sites for hydroxylation is 1. The zero-order chi connectivity index (χ0) is 12.5. The fourth-order valence-electron chi connectivity index (χ4n) is 1.92. The van der Waals surface area contributed by atoms with Crippen LogP contribution in [-0.4, -0.2) is 54.7 Å². The van der Waals surface area contributed by atoms with Crippen LogP contribution in [0.1, 0.15) is 26.0 Å². The number of hydrogen-bond acceptors (Lipinski definition) is 4. The molecule has 0 spiro atoms. The molecule has 0 radical (unpaired) electrons. The van der Waals surface area contributed by atoms with Gasteiger partial charge in [0.1, 0.15) is 6.26 Å². The van der Waals surface area contributed by atoms with Crippen LogP contribution in [-0.2, 0) is 6.42 Å². The summed E-state index contributed by atoms with van der Waals surface area (Å²) in [7, 11) is 2.19. The summed E-state index contributed by atoms with van der Waals surface area (Å²) in [5.74, 6) is 0. The van der Waals surface area contributed by atoms with Crippen molar-refractivity contribution in [3.63, 3.8) is 0 Å². The van der Waals surface area contributed by atoms with Gasteiger partial charge in [0.05, 0.1) is 5.69 Å². The highest BCUT2D eigenvalue weighted by Crippen LogP contribution is 2.03. The highest BCUT2D eigenvalue weighted by Gasteiger charge is 2.12. The van der Waals surface area contributed by atoms with Gasteiger partial charge in [-0.25, -0.2) is 0 Å². The quantitative estimate of drug-likeness (QED) is 0.803. The van der Waals surface area contributed by atoms with Crippen molar-refractivity contribution in [2.24, 2.45) is 0 Å². The smallest absolute Gasteiger partial charge is 0.124 e. The third-order valence-electron chi connectivity index (χ3n) is 2.99. The van der Waals surface area contributed by atoms with E-state index in [1.807, 2.05) is 19.9 Å². The Kier molecular flexibility index (Phi) is 6.89. The Hall–Kier alpha value is -0.870. The topological polar surface area (TPSA) is 32.5 Å². The Morgan fingerprint density at radius 3 is 2.53 bits per heavy atom. The molecule has 1 aliphatic heterocycles. The molecule has 0 aliphatic carbocycles. The maximum absolute atomic E-state index is 4.80. The van der Waals surface area contributed by atoms with Gasteiger partial charge in [0.15, 0.2) is 0 Å². The third kappa shape index (κ3) is 5.33. The average Bonchev–Trinajstić information content (AvgIpc) is 2.87. The Labute approximate surface area is 105 Å². The summed E-state index contributed by atoms with van der Waals surface area (Å²) in [6, 6.07) is 1.95. The van der Waals surface area contributed by atoms with Crippen LogP contribution < -0.4 is 0 Å². The van der Waals surface area contributed by atoms with Crippen LogP contribution in [0.5, 0.6) is 0 Å². The molecule has 4 nitrogen and oxygen atoms in total. The van der Waals surface area contributed by atoms with Crippen LogP contribution in [0.25, 0.3) is 0 Å². The van der Waals surface area contributed by atoms with Gasteiger partial charge in [-0.15, -0.1) is 0 Å². The van der Waals surface area contributed by atoms with E-state index in [9.17, 15) is 0 Å². The fourth-order valence-corrected chi connectivity index (χ4v) is 1.92. The first-order valence-electron chi connectivity index (χ1n) is 6.65. The van der Waals surface area contributed by atoms with Gasteiger partial charge in [-0.05, 0) is 26.4 Å². The van der Waals surface area contributed by atoms with Crippen LogP contribution in [0, 0.1) is 0 Å². The second-order valence-corrected chi connectivity index (χ2v) is 4.24. The summed E-state index contributed by atoms with van der Waals surface area (Å²) in [5, 5.41) is 3.91. The van der Waals surface area contributed by atoms with Crippen molar-refractivity contribution in [2.45, 2.75) is 26.7 Å². The molecule has 2 rings (SSSR count). The number of hydrogen-bond donors (Lipinski definition) is 0. The van der Waals surface area contributed by atoms with E-state index in [0.717, 1.165) is 12.1 Å². The summed E-state index contributed by atoms with van der Waals surface area (Å²) in [6.07, 6.45) is 3.85. The van der Waals surface area contributed by atoms with Gasteiger partial charge in [0.2, 0.25) is 0 Å². The molecule has 0 bridgehead atoms. The van der Waals surface area contributed by atoms with E-state index in [0.29, 0.717) is 0 Å². The molecule has 98 valence electrons. The highest BCUT2D eigenvalue weighted by molar-refractivity contribution is 4.95. The van der Waals surface area contributed by atoms with Crippen LogP contribution in [0.2, 0.25) is 0 Å². The Morgan fingerprint density at radius 2 is 1.94 bits per heavy atom. The van der Waals surface area contributed by atoms with E-state index in [1.54, 1.807) is 6.26 Å². The summed E-state index contributed by atoms with van der Waals surface area (Å²) in [5.41, 5.74) is 1.07. The lowest BCUT2D eigenvalue weighted by Crippen LogP contribution is -2.44. The SMILES string of the molecule is CC.CN1CCN(CCCc2ccon2)CC1. The van der Waals surface area contributed by atoms with Crippen LogP contribution in [0.15, 0.2) is 16.9 Å². The van der Waals surface area contributed by atoms with Gasteiger partial charge in [-0.2, -0.15) is 0 Å². The second-order valence-electron chi connectivity index (χ2n) is 4.24. The molecule has 0 unspecified atom stereocenters. The zero-order valence-corrected chi connectivity index (χ0v) is 11.4. The molecule has 1 saturated heterocycles. The minimum absolute atomic E-state index is 1.03. The van der Waals surface area contributed by atoms with Gasteiger partial charge in [0, 0.05) is 32.2 Å². The highest BCUT2D eigenvalue weighted by atomic mass is 16.5. The first kappa shape index (κ1) is 14.2. The number of rotatable bonds is 4. The summed E-state index contributed by atoms with van der Waals surface area (Å²) < 4.78 is 4.80. The molecule has 1 aromatic heterocycles. The third-order valence-corrected chi connectivity index (χ3v) is 2.99. The van der Waals surface area contributed by atoms with E-state index >= 15 is 0 Å². The molecule has 1 aromatic rings. The molecule has 1 fully saturated rings. The standard InChI is InChI=1S/C11H19N3O.C2H6/c1-13-6-8-14(9-7-13)5-2-3-11-4-10-15-12-11;1-2/h4,10H,2-3,5-9H2,1H3;1-2H3. The van der Waals surface area contributed by atoms with E-state index in [4.69, 9.17) is 4.52 Å². The minimum atomic E-state index is 1.03. The molecular weight excluding hydrogens is 214 g/mol. The Bertz CT molecular complexity index is 266. The van der Waals surface area contributed by atoms with Crippen LogP contribution in [0.4, 0.5) is 0 Å². The molecule has 1 aliphatic rings. The summed E-state index contributed by atoms with van der Waals surface area (Å²) in [6.45, 7) is 9.99. The van der Waals surface area contributed by atoms with Gasteiger partial charge in [-0.3, -0.25) is 0 Å². The number of piperazine rings is 1. The van der Waals surface area contributed by atoms with E-state index < -0.39 is 0 Å². The van der Waals surface area contributed by atoms with Crippen LogP contribution >= 0.6 is 0 Å². The molecule has 17 heavy (non-hydrogen) atoms. The molecule has 0 amide bonds. The largest absolute Gasteiger partial charge is 0.365 e. The normalized spacial score (nSPS) is 17.6. The van der Waals surface area contributed by atoms with Gasteiger partial charge < -0.3 is 14.3 Å². The van der Waals surface area contributed by atoms with Crippen LogP contribution in [0.3, 0.4) is 0 Å². The Morgan fingerprint density at radius 1 is 1.24 bits per heavy atom. The maximum atomic E-state index is 4.80. The molecular formula is C13H25N3O. The molecule has 0 aromatic carbocycles. The lowest BCUT2D eigenvalue weighted by atomic mass is 10.2. The van der Waals surface area contributed by atoms with Gasteiger partial charge in [-0.1, -0.05) is 19.0 Å². The van der Waals surface area contributed by atoms with E-state index in [2.05, 4.69) is 22.0 Å². The van der Waals surface area contributed by atoms with E-state index in [1.165, 1.54) is 39.1 Å².